The van der Waals surface area contributed by atoms with Gasteiger partial charge in [0.1, 0.15) is 0 Å². The molecule has 0 saturated carbocycles. The summed E-state index contributed by atoms with van der Waals surface area (Å²) in [5.74, 6) is 0.205. The molecule has 0 aromatic heterocycles. The molecule has 21 heavy (non-hydrogen) atoms. The summed E-state index contributed by atoms with van der Waals surface area (Å²) in [4.78, 5) is 14.4. The minimum absolute atomic E-state index is 0.205. The maximum absolute atomic E-state index is 12.4. The Hall–Kier alpha value is -1.55. The first kappa shape index (κ1) is 15.8. The Labute approximate surface area is 127 Å². The van der Waals surface area contributed by atoms with E-state index in [2.05, 4.69) is 6.92 Å². The fourth-order valence-electron chi connectivity index (χ4n) is 2.69. The molecule has 2 N–H and O–H groups in total. The standard InChI is InChI=1S/C17H26N2O2/c1-2-12-21-16-4-3-10-19(11-9-16)17(20)13-14-5-7-15(18)8-6-14/h5-8,16H,2-4,9-13,18H2,1H3. The number of anilines is 1. The van der Waals surface area contributed by atoms with Crippen LogP contribution in [0.25, 0.3) is 0 Å². The summed E-state index contributed by atoms with van der Waals surface area (Å²) < 4.78 is 5.82. The van der Waals surface area contributed by atoms with Gasteiger partial charge in [0.25, 0.3) is 0 Å². The lowest BCUT2D eigenvalue weighted by atomic mass is 10.1. The number of carbonyl (C=O) groups excluding carboxylic acids is 1. The third-order valence-corrected chi connectivity index (χ3v) is 3.92. The largest absolute Gasteiger partial charge is 0.399 e. The van der Waals surface area contributed by atoms with Crippen LogP contribution in [0.1, 0.15) is 38.2 Å². The van der Waals surface area contributed by atoms with E-state index in [1.54, 1.807) is 0 Å². The van der Waals surface area contributed by atoms with Gasteiger partial charge in [0.2, 0.25) is 5.91 Å². The summed E-state index contributed by atoms with van der Waals surface area (Å²) in [6, 6.07) is 7.55. The number of carbonyl (C=O) groups is 1. The van der Waals surface area contributed by atoms with Crippen molar-refractivity contribution in [2.75, 3.05) is 25.4 Å². The van der Waals surface area contributed by atoms with E-state index < -0.39 is 0 Å². The van der Waals surface area contributed by atoms with E-state index >= 15 is 0 Å². The zero-order valence-corrected chi connectivity index (χ0v) is 12.9. The Morgan fingerprint density at radius 2 is 2.05 bits per heavy atom. The molecule has 1 heterocycles. The van der Waals surface area contributed by atoms with Crippen molar-refractivity contribution in [2.24, 2.45) is 0 Å². The summed E-state index contributed by atoms with van der Waals surface area (Å²) in [7, 11) is 0. The quantitative estimate of drug-likeness (QED) is 0.848. The van der Waals surface area contributed by atoms with E-state index in [0.717, 1.165) is 56.6 Å². The molecule has 0 radical (unpaired) electrons. The number of nitrogens with zero attached hydrogens (tertiary/aromatic N) is 1. The second-order valence-corrected chi connectivity index (χ2v) is 5.72. The number of amides is 1. The van der Waals surface area contributed by atoms with Gasteiger partial charge in [-0.2, -0.15) is 0 Å². The molecular weight excluding hydrogens is 264 g/mol. The summed E-state index contributed by atoms with van der Waals surface area (Å²) in [6.45, 7) is 4.60. The number of rotatable bonds is 5. The Morgan fingerprint density at radius 1 is 1.29 bits per heavy atom. The van der Waals surface area contributed by atoms with Gasteiger partial charge in [0.15, 0.2) is 0 Å². The molecule has 116 valence electrons. The molecule has 1 aromatic rings. The highest BCUT2D eigenvalue weighted by Crippen LogP contribution is 2.16. The SMILES string of the molecule is CCCOC1CCCN(C(=O)Cc2ccc(N)cc2)CC1. The molecule has 1 saturated heterocycles. The third-order valence-electron chi connectivity index (χ3n) is 3.92. The Bertz CT molecular complexity index is 445. The molecule has 0 spiro atoms. The normalized spacial score (nSPS) is 19.3. The molecule has 1 aromatic carbocycles. The van der Waals surface area contributed by atoms with E-state index in [4.69, 9.17) is 10.5 Å². The highest BCUT2D eigenvalue weighted by molar-refractivity contribution is 5.78. The van der Waals surface area contributed by atoms with Crippen LogP contribution in [0.4, 0.5) is 5.69 Å². The zero-order chi connectivity index (χ0) is 15.1. The lowest BCUT2D eigenvalue weighted by Gasteiger charge is -2.21. The highest BCUT2D eigenvalue weighted by atomic mass is 16.5. The average Bonchev–Trinajstić information content (AvgIpc) is 2.73. The lowest BCUT2D eigenvalue weighted by molar-refractivity contribution is -0.130. The molecule has 4 nitrogen and oxygen atoms in total. The van der Waals surface area contributed by atoms with Crippen LogP contribution < -0.4 is 5.73 Å². The second kappa shape index (κ2) is 8.03. The van der Waals surface area contributed by atoms with Gasteiger partial charge in [-0.05, 0) is 43.4 Å². The lowest BCUT2D eigenvalue weighted by Crippen LogP contribution is -2.33. The minimum Gasteiger partial charge on any atom is -0.399 e. The molecular formula is C17H26N2O2. The maximum atomic E-state index is 12.4. The van der Waals surface area contributed by atoms with Gasteiger partial charge in [-0.1, -0.05) is 19.1 Å². The van der Waals surface area contributed by atoms with Crippen molar-refractivity contribution in [2.45, 2.75) is 45.1 Å². The number of hydrogen-bond acceptors (Lipinski definition) is 3. The fraction of sp³-hybridized carbons (Fsp3) is 0.588. The van der Waals surface area contributed by atoms with E-state index in [0.29, 0.717) is 12.5 Å². The first-order chi connectivity index (χ1) is 10.2. The van der Waals surface area contributed by atoms with Crippen molar-refractivity contribution in [3.8, 4) is 0 Å². The molecule has 1 amide bonds. The number of benzene rings is 1. The third kappa shape index (κ3) is 5.05. The molecule has 1 unspecified atom stereocenters. The molecule has 4 heteroatoms. The summed E-state index contributed by atoms with van der Waals surface area (Å²) in [6.07, 6.45) is 4.87. The van der Waals surface area contributed by atoms with Gasteiger partial charge in [0.05, 0.1) is 12.5 Å². The predicted molar refractivity (Wildman–Crippen MR) is 85.0 cm³/mol. The molecule has 0 bridgehead atoms. The maximum Gasteiger partial charge on any atom is 0.226 e. The van der Waals surface area contributed by atoms with Crippen LogP contribution in [0.2, 0.25) is 0 Å². The number of likely N-dealkylation sites (tertiary alicyclic amines) is 1. The Kier molecular flexibility index (Phi) is 6.05. The average molecular weight is 290 g/mol. The Morgan fingerprint density at radius 3 is 2.76 bits per heavy atom. The van der Waals surface area contributed by atoms with Gasteiger partial charge in [-0.15, -0.1) is 0 Å². The van der Waals surface area contributed by atoms with E-state index in [-0.39, 0.29) is 5.91 Å². The van der Waals surface area contributed by atoms with Crippen LogP contribution in [0, 0.1) is 0 Å². The Balaban J connectivity index is 1.83. The molecule has 1 atom stereocenters. The number of nitrogen functional groups attached to an aromatic ring is 1. The van der Waals surface area contributed by atoms with Gasteiger partial charge < -0.3 is 15.4 Å². The number of nitrogens with two attached hydrogens (primary N) is 1. The summed E-state index contributed by atoms with van der Waals surface area (Å²) >= 11 is 0. The first-order valence-corrected chi connectivity index (χ1v) is 7.93. The minimum atomic E-state index is 0.205. The van der Waals surface area contributed by atoms with Crippen LogP contribution >= 0.6 is 0 Å². The van der Waals surface area contributed by atoms with Crippen LogP contribution in [0.3, 0.4) is 0 Å². The molecule has 1 aliphatic heterocycles. The summed E-state index contributed by atoms with van der Waals surface area (Å²) in [5, 5.41) is 0. The van der Waals surface area contributed by atoms with Crippen molar-refractivity contribution in [1.82, 2.24) is 4.90 Å². The number of hydrogen-bond donors (Lipinski definition) is 1. The van der Waals surface area contributed by atoms with Crippen LogP contribution in [-0.2, 0) is 16.0 Å². The van der Waals surface area contributed by atoms with Crippen molar-refractivity contribution < 1.29 is 9.53 Å². The first-order valence-electron chi connectivity index (χ1n) is 7.93. The van der Waals surface area contributed by atoms with E-state index in [1.165, 1.54) is 0 Å². The van der Waals surface area contributed by atoms with Crippen LogP contribution in [0.15, 0.2) is 24.3 Å². The molecule has 2 rings (SSSR count). The number of ether oxygens (including phenoxy) is 1. The van der Waals surface area contributed by atoms with Crippen LogP contribution in [-0.4, -0.2) is 36.6 Å². The van der Waals surface area contributed by atoms with Crippen molar-refractivity contribution in [1.29, 1.82) is 0 Å². The van der Waals surface area contributed by atoms with Gasteiger partial charge in [0, 0.05) is 25.4 Å². The second-order valence-electron chi connectivity index (χ2n) is 5.72. The highest BCUT2D eigenvalue weighted by Gasteiger charge is 2.20. The monoisotopic (exact) mass is 290 g/mol. The molecule has 1 fully saturated rings. The van der Waals surface area contributed by atoms with E-state index in [1.807, 2.05) is 29.2 Å². The molecule has 0 aliphatic carbocycles. The van der Waals surface area contributed by atoms with Gasteiger partial charge in [-0.25, -0.2) is 0 Å². The summed E-state index contributed by atoms with van der Waals surface area (Å²) in [5.41, 5.74) is 7.43. The van der Waals surface area contributed by atoms with E-state index in [9.17, 15) is 4.79 Å². The zero-order valence-electron chi connectivity index (χ0n) is 12.9. The smallest absolute Gasteiger partial charge is 0.226 e. The fourth-order valence-corrected chi connectivity index (χ4v) is 2.69. The van der Waals surface area contributed by atoms with Crippen molar-refractivity contribution in [3.05, 3.63) is 29.8 Å². The van der Waals surface area contributed by atoms with Crippen LogP contribution in [0.5, 0.6) is 0 Å². The molecule has 1 aliphatic rings. The van der Waals surface area contributed by atoms with Crippen molar-refractivity contribution >= 4 is 11.6 Å². The van der Waals surface area contributed by atoms with Gasteiger partial charge in [-0.3, -0.25) is 4.79 Å². The topological polar surface area (TPSA) is 55.6 Å². The predicted octanol–water partition coefficient (Wildman–Crippen LogP) is 2.62. The van der Waals surface area contributed by atoms with Crippen molar-refractivity contribution in [3.63, 3.8) is 0 Å². The van der Waals surface area contributed by atoms with Gasteiger partial charge >= 0.3 is 0 Å².